The van der Waals surface area contributed by atoms with Gasteiger partial charge in [-0.15, -0.1) is 11.3 Å². The monoisotopic (exact) mass is 321 g/mol. The third kappa shape index (κ3) is 2.23. The molecule has 2 aromatic heterocycles. The Morgan fingerprint density at radius 1 is 1.09 bits per heavy atom. The number of carboxylic acids is 1. The zero-order valence-corrected chi connectivity index (χ0v) is 13.4. The number of thiophene rings is 1. The average molecular weight is 321 g/mol. The molecule has 2 heterocycles. The van der Waals surface area contributed by atoms with E-state index < -0.39 is 5.97 Å². The summed E-state index contributed by atoms with van der Waals surface area (Å²) in [4.78, 5) is 12.6. The molecule has 0 aliphatic heterocycles. The van der Waals surface area contributed by atoms with E-state index in [0.29, 0.717) is 5.56 Å². The Bertz CT molecular complexity index is 1040. The molecule has 3 nitrogen and oxygen atoms in total. The van der Waals surface area contributed by atoms with Crippen LogP contribution in [0.25, 0.3) is 21.8 Å². The van der Waals surface area contributed by atoms with Gasteiger partial charge < -0.3 is 9.67 Å². The molecule has 0 amide bonds. The summed E-state index contributed by atoms with van der Waals surface area (Å²) >= 11 is 1.74. The van der Waals surface area contributed by atoms with Gasteiger partial charge in [0.2, 0.25) is 0 Å². The van der Waals surface area contributed by atoms with Crippen LogP contribution in [0.1, 0.15) is 20.8 Å². The van der Waals surface area contributed by atoms with Crippen molar-refractivity contribution in [1.82, 2.24) is 4.57 Å². The molecule has 114 valence electrons. The van der Waals surface area contributed by atoms with Crippen LogP contribution < -0.4 is 0 Å². The van der Waals surface area contributed by atoms with E-state index in [4.69, 9.17) is 0 Å². The van der Waals surface area contributed by atoms with Gasteiger partial charge in [0.05, 0.1) is 17.6 Å². The Kier molecular flexibility index (Phi) is 3.20. The molecule has 4 aromatic rings. The Morgan fingerprint density at radius 3 is 2.61 bits per heavy atom. The molecule has 0 saturated heterocycles. The molecule has 0 aliphatic rings. The van der Waals surface area contributed by atoms with Crippen LogP contribution in [0, 0.1) is 6.92 Å². The highest BCUT2D eigenvalue weighted by Crippen LogP contribution is 2.31. The van der Waals surface area contributed by atoms with Gasteiger partial charge in [0.25, 0.3) is 0 Å². The maximum atomic E-state index is 11.3. The number of benzene rings is 2. The molecule has 1 N–H and O–H groups in total. The largest absolute Gasteiger partial charge is 0.478 e. The summed E-state index contributed by atoms with van der Waals surface area (Å²) in [5.41, 5.74) is 3.71. The van der Waals surface area contributed by atoms with Crippen LogP contribution in [0.5, 0.6) is 0 Å². The Labute approximate surface area is 137 Å². The van der Waals surface area contributed by atoms with E-state index >= 15 is 0 Å². The van der Waals surface area contributed by atoms with Crippen LogP contribution in [0.4, 0.5) is 0 Å². The number of hydrogen-bond donors (Lipinski definition) is 1. The highest BCUT2D eigenvalue weighted by Gasteiger charge is 2.14. The Morgan fingerprint density at radius 2 is 1.87 bits per heavy atom. The minimum Gasteiger partial charge on any atom is -0.478 e. The number of hydrogen-bond acceptors (Lipinski definition) is 2. The van der Waals surface area contributed by atoms with Gasteiger partial charge in [-0.1, -0.05) is 24.3 Å². The molecule has 0 saturated carbocycles. The van der Waals surface area contributed by atoms with E-state index in [9.17, 15) is 9.90 Å². The van der Waals surface area contributed by atoms with Crippen LogP contribution in [0.2, 0.25) is 0 Å². The highest BCUT2D eigenvalue weighted by molar-refractivity contribution is 7.10. The first-order valence-electron chi connectivity index (χ1n) is 7.42. The standard InChI is InChI=1S/C19H15NO2S/c1-12-8-9-23-18(12)11-20-16-5-3-2-4-14(16)15-7-6-13(19(21)22)10-17(15)20/h2-10H,11H2,1H3,(H,21,22). The van der Waals surface area contributed by atoms with Gasteiger partial charge >= 0.3 is 5.97 Å². The van der Waals surface area contributed by atoms with Crippen molar-refractivity contribution in [2.45, 2.75) is 13.5 Å². The lowest BCUT2D eigenvalue weighted by Crippen LogP contribution is -2.00. The number of rotatable bonds is 3. The Balaban J connectivity index is 2.03. The lowest BCUT2D eigenvalue weighted by molar-refractivity contribution is 0.0697. The van der Waals surface area contributed by atoms with Gasteiger partial charge in [-0.25, -0.2) is 4.79 Å². The zero-order valence-electron chi connectivity index (χ0n) is 12.6. The maximum Gasteiger partial charge on any atom is 0.335 e. The number of carbonyl (C=O) groups is 1. The van der Waals surface area contributed by atoms with Crippen molar-refractivity contribution < 1.29 is 9.90 Å². The van der Waals surface area contributed by atoms with E-state index in [1.54, 1.807) is 23.5 Å². The number of aromatic nitrogens is 1. The molecule has 0 radical (unpaired) electrons. The van der Waals surface area contributed by atoms with Gasteiger partial charge in [0.1, 0.15) is 0 Å². The average Bonchev–Trinajstić information content (AvgIpc) is 3.10. The number of nitrogens with zero attached hydrogens (tertiary/aromatic N) is 1. The van der Waals surface area contributed by atoms with E-state index in [1.165, 1.54) is 10.4 Å². The first kappa shape index (κ1) is 14.0. The van der Waals surface area contributed by atoms with Crippen molar-refractivity contribution in [3.05, 3.63) is 69.9 Å². The van der Waals surface area contributed by atoms with Crippen molar-refractivity contribution in [2.24, 2.45) is 0 Å². The highest BCUT2D eigenvalue weighted by atomic mass is 32.1. The number of aryl methyl sites for hydroxylation is 1. The van der Waals surface area contributed by atoms with Crippen LogP contribution in [-0.2, 0) is 6.54 Å². The lowest BCUT2D eigenvalue weighted by Gasteiger charge is -2.07. The SMILES string of the molecule is Cc1ccsc1Cn1c2ccccc2c2ccc(C(=O)O)cc21. The molecule has 2 aromatic carbocycles. The van der Waals surface area contributed by atoms with Gasteiger partial charge in [-0.3, -0.25) is 0 Å². The number of carboxylic acid groups (broad SMARTS) is 1. The molecule has 0 bridgehead atoms. The number of fused-ring (bicyclic) bond motifs is 3. The van der Waals surface area contributed by atoms with Gasteiger partial charge in [-0.2, -0.15) is 0 Å². The van der Waals surface area contributed by atoms with E-state index in [1.807, 2.05) is 18.2 Å². The number of para-hydroxylation sites is 1. The summed E-state index contributed by atoms with van der Waals surface area (Å²) in [6, 6.07) is 15.7. The second-order valence-corrected chi connectivity index (χ2v) is 6.67. The molecule has 0 aliphatic carbocycles. The second kappa shape index (κ2) is 5.25. The molecular weight excluding hydrogens is 306 g/mol. The predicted octanol–water partition coefficient (Wildman–Crippen LogP) is 4.91. The van der Waals surface area contributed by atoms with Crippen molar-refractivity contribution in [3.8, 4) is 0 Å². The summed E-state index contributed by atoms with van der Waals surface area (Å²) < 4.78 is 2.22. The summed E-state index contributed by atoms with van der Waals surface area (Å²) in [7, 11) is 0. The molecule has 4 rings (SSSR count). The second-order valence-electron chi connectivity index (χ2n) is 5.67. The van der Waals surface area contributed by atoms with Crippen molar-refractivity contribution in [1.29, 1.82) is 0 Å². The first-order chi connectivity index (χ1) is 11.1. The summed E-state index contributed by atoms with van der Waals surface area (Å²) in [6.07, 6.45) is 0. The number of aromatic carboxylic acids is 1. The van der Waals surface area contributed by atoms with E-state index in [2.05, 4.69) is 35.1 Å². The van der Waals surface area contributed by atoms with Gasteiger partial charge in [0, 0.05) is 21.2 Å². The molecular formula is C19H15NO2S. The minimum atomic E-state index is -0.893. The normalized spacial score (nSPS) is 11.3. The topological polar surface area (TPSA) is 42.2 Å². The van der Waals surface area contributed by atoms with Gasteiger partial charge in [-0.05, 0) is 42.1 Å². The third-order valence-electron chi connectivity index (χ3n) is 4.29. The molecule has 4 heteroatoms. The van der Waals surface area contributed by atoms with Gasteiger partial charge in [0.15, 0.2) is 0 Å². The zero-order chi connectivity index (χ0) is 16.0. The third-order valence-corrected chi connectivity index (χ3v) is 5.30. The van der Waals surface area contributed by atoms with Crippen LogP contribution >= 0.6 is 11.3 Å². The predicted molar refractivity (Wildman–Crippen MR) is 94.6 cm³/mol. The van der Waals surface area contributed by atoms with E-state index in [0.717, 1.165) is 28.4 Å². The first-order valence-corrected chi connectivity index (χ1v) is 8.30. The fourth-order valence-electron chi connectivity index (χ4n) is 3.06. The summed E-state index contributed by atoms with van der Waals surface area (Å²) in [6.45, 7) is 2.87. The Hall–Kier alpha value is -2.59. The van der Waals surface area contributed by atoms with Crippen molar-refractivity contribution >= 4 is 39.1 Å². The fourth-order valence-corrected chi connectivity index (χ4v) is 3.96. The quantitative estimate of drug-likeness (QED) is 0.582. The van der Waals surface area contributed by atoms with E-state index in [-0.39, 0.29) is 0 Å². The summed E-state index contributed by atoms with van der Waals surface area (Å²) in [5, 5.41) is 13.7. The lowest BCUT2D eigenvalue weighted by atomic mass is 10.1. The van der Waals surface area contributed by atoms with Crippen molar-refractivity contribution in [2.75, 3.05) is 0 Å². The maximum absolute atomic E-state index is 11.3. The molecule has 0 fully saturated rings. The molecule has 0 unspecified atom stereocenters. The van der Waals surface area contributed by atoms with Crippen LogP contribution in [-0.4, -0.2) is 15.6 Å². The summed E-state index contributed by atoms with van der Waals surface area (Å²) in [5.74, 6) is -0.893. The smallest absolute Gasteiger partial charge is 0.335 e. The van der Waals surface area contributed by atoms with Crippen molar-refractivity contribution in [3.63, 3.8) is 0 Å². The van der Waals surface area contributed by atoms with Crippen LogP contribution in [0.3, 0.4) is 0 Å². The molecule has 0 atom stereocenters. The fraction of sp³-hybridized carbons (Fsp3) is 0.105. The minimum absolute atomic E-state index is 0.324. The van der Waals surface area contributed by atoms with Crippen LogP contribution in [0.15, 0.2) is 53.9 Å². The molecule has 0 spiro atoms. The molecule has 23 heavy (non-hydrogen) atoms.